The summed E-state index contributed by atoms with van der Waals surface area (Å²) >= 11 is 5.91. The Labute approximate surface area is 177 Å². The summed E-state index contributed by atoms with van der Waals surface area (Å²) in [6.07, 6.45) is -3.00. The van der Waals surface area contributed by atoms with Gasteiger partial charge in [-0.2, -0.15) is 13.2 Å². The highest BCUT2D eigenvalue weighted by Gasteiger charge is 2.57. The number of nitrogens with zero attached hydrogens (tertiary/aromatic N) is 5. The van der Waals surface area contributed by atoms with Gasteiger partial charge in [0.05, 0.1) is 0 Å². The van der Waals surface area contributed by atoms with Gasteiger partial charge in [-0.1, -0.05) is 11.6 Å². The first-order chi connectivity index (χ1) is 14.1. The van der Waals surface area contributed by atoms with Gasteiger partial charge in [0.25, 0.3) is 0 Å². The Morgan fingerprint density at radius 1 is 1.20 bits per heavy atom. The van der Waals surface area contributed by atoms with Crippen molar-refractivity contribution in [2.24, 2.45) is 17.8 Å². The number of benzene rings is 1. The molecule has 11 heteroatoms. The van der Waals surface area contributed by atoms with Crippen LogP contribution in [0.25, 0.3) is 0 Å². The van der Waals surface area contributed by atoms with Crippen molar-refractivity contribution in [3.8, 4) is 0 Å². The fraction of sp³-hybridized carbons (Fsp3) is 0.474. The Kier molecular flexibility index (Phi) is 6.47. The van der Waals surface area contributed by atoms with E-state index in [1.54, 1.807) is 0 Å². The predicted molar refractivity (Wildman–Crippen MR) is 110 cm³/mol. The minimum Gasteiger partial charge on any atom is -0.374 e. The molecule has 1 unspecified atom stereocenters. The summed E-state index contributed by atoms with van der Waals surface area (Å²) in [6, 6.07) is 7.51. The molecule has 3 N–H and O–H groups in total. The number of aromatic nitrogens is 2. The molecule has 1 aliphatic heterocycles. The maximum Gasteiger partial charge on any atom is 0.424 e. The number of alkyl halides is 3. The molecule has 0 spiro atoms. The van der Waals surface area contributed by atoms with Gasteiger partial charge in [-0.25, -0.2) is 4.98 Å². The Morgan fingerprint density at radius 3 is 2.37 bits per heavy atom. The van der Waals surface area contributed by atoms with E-state index in [9.17, 15) is 18.3 Å². The molecular formula is C19H24ClF3N6O. The highest BCUT2D eigenvalue weighted by atomic mass is 35.5. The van der Waals surface area contributed by atoms with Crippen molar-refractivity contribution in [1.82, 2.24) is 14.5 Å². The van der Waals surface area contributed by atoms with E-state index in [1.165, 1.54) is 19.4 Å². The van der Waals surface area contributed by atoms with E-state index in [0.717, 1.165) is 10.3 Å². The van der Waals surface area contributed by atoms with Crippen LogP contribution in [0.1, 0.15) is 12.2 Å². The maximum atomic E-state index is 13.5. The first kappa shape index (κ1) is 22.2. The number of aliphatic imine (C=N–C) groups is 1. The second kappa shape index (κ2) is 8.73. The van der Waals surface area contributed by atoms with Crippen LogP contribution in [0.4, 0.5) is 18.9 Å². The van der Waals surface area contributed by atoms with Gasteiger partial charge in [-0.15, -0.1) is 0 Å². The summed E-state index contributed by atoms with van der Waals surface area (Å²) < 4.78 is 41.8. The summed E-state index contributed by atoms with van der Waals surface area (Å²) in [6.45, 7) is 2.27. The third kappa shape index (κ3) is 4.65. The summed E-state index contributed by atoms with van der Waals surface area (Å²) in [7, 11) is 1.40. The van der Waals surface area contributed by atoms with E-state index < -0.39 is 24.0 Å². The molecule has 0 bridgehead atoms. The van der Waals surface area contributed by atoms with Crippen LogP contribution in [0.2, 0.25) is 5.02 Å². The molecule has 1 saturated heterocycles. The van der Waals surface area contributed by atoms with Crippen LogP contribution < -0.4 is 10.6 Å². The van der Waals surface area contributed by atoms with Gasteiger partial charge in [-0.3, -0.25) is 4.99 Å². The Balaban J connectivity index is 1.60. The lowest BCUT2D eigenvalue weighted by Crippen LogP contribution is -2.51. The van der Waals surface area contributed by atoms with Gasteiger partial charge in [0, 0.05) is 69.3 Å². The largest absolute Gasteiger partial charge is 0.424 e. The lowest BCUT2D eigenvalue weighted by atomic mass is 9.98. The van der Waals surface area contributed by atoms with Crippen LogP contribution >= 0.6 is 11.6 Å². The third-order valence-corrected chi connectivity index (χ3v) is 5.45. The van der Waals surface area contributed by atoms with Crippen molar-refractivity contribution >= 4 is 23.2 Å². The molecule has 1 aromatic heterocycles. The van der Waals surface area contributed by atoms with Gasteiger partial charge < -0.3 is 25.2 Å². The van der Waals surface area contributed by atoms with Crippen molar-refractivity contribution in [3.05, 3.63) is 47.5 Å². The predicted octanol–water partition coefficient (Wildman–Crippen LogP) is 2.35. The number of nitrogens with two attached hydrogens (primary N) is 1. The zero-order valence-corrected chi connectivity index (χ0v) is 17.2. The molecule has 30 heavy (non-hydrogen) atoms. The normalized spacial score (nSPS) is 17.9. The fourth-order valence-corrected chi connectivity index (χ4v) is 3.55. The van der Waals surface area contributed by atoms with E-state index in [1.807, 2.05) is 29.2 Å². The molecule has 1 aromatic carbocycles. The molecule has 0 radical (unpaired) electrons. The standard InChI is InChI=1S/C19H24ClF3N6O/c1-27-9-8-25-16(27)18(30,19(21,22)23)6-7-26-17(24)29-12-10-28(11-13-29)15-4-2-14(20)3-5-15/h2-5,8-9,30H,6-7,10-13H2,1H3,(H2,24,26). The quantitative estimate of drug-likeness (QED) is 0.546. The van der Waals surface area contributed by atoms with Gasteiger partial charge >= 0.3 is 6.18 Å². The monoisotopic (exact) mass is 444 g/mol. The van der Waals surface area contributed by atoms with Crippen LogP contribution in [0, 0.1) is 0 Å². The van der Waals surface area contributed by atoms with Crippen LogP contribution in [0.3, 0.4) is 0 Å². The number of hydrogen-bond acceptors (Lipinski definition) is 4. The summed E-state index contributed by atoms with van der Waals surface area (Å²) in [4.78, 5) is 11.7. The Bertz CT molecular complexity index is 877. The second-order valence-corrected chi connectivity index (χ2v) is 7.60. The summed E-state index contributed by atoms with van der Waals surface area (Å²) in [5.41, 5.74) is 3.94. The zero-order valence-electron chi connectivity index (χ0n) is 16.5. The topological polar surface area (TPSA) is 82.9 Å². The second-order valence-electron chi connectivity index (χ2n) is 7.16. The average Bonchev–Trinajstić information content (AvgIpc) is 3.14. The number of anilines is 1. The summed E-state index contributed by atoms with van der Waals surface area (Å²) in [5.74, 6) is -0.310. The van der Waals surface area contributed by atoms with E-state index in [4.69, 9.17) is 17.3 Å². The molecule has 1 atom stereocenters. The maximum absolute atomic E-state index is 13.5. The van der Waals surface area contributed by atoms with Crippen LogP contribution in [-0.2, 0) is 12.6 Å². The van der Waals surface area contributed by atoms with Crippen LogP contribution in [0.5, 0.6) is 0 Å². The lowest BCUT2D eigenvalue weighted by Gasteiger charge is -2.36. The number of aliphatic hydroxyl groups is 1. The van der Waals surface area contributed by atoms with Crippen molar-refractivity contribution in [3.63, 3.8) is 0 Å². The number of guanidine groups is 1. The highest BCUT2D eigenvalue weighted by molar-refractivity contribution is 6.30. The minimum atomic E-state index is -4.89. The average molecular weight is 445 g/mol. The molecule has 2 aromatic rings. The van der Waals surface area contributed by atoms with E-state index >= 15 is 0 Å². The molecule has 0 aliphatic carbocycles. The Morgan fingerprint density at radius 2 is 1.83 bits per heavy atom. The molecule has 2 heterocycles. The minimum absolute atomic E-state index is 0.162. The first-order valence-electron chi connectivity index (χ1n) is 9.44. The van der Waals surface area contributed by atoms with E-state index in [-0.39, 0.29) is 12.5 Å². The molecule has 1 aliphatic rings. The van der Waals surface area contributed by atoms with Gasteiger partial charge in [0.1, 0.15) is 5.82 Å². The lowest BCUT2D eigenvalue weighted by molar-refractivity contribution is -0.272. The molecule has 164 valence electrons. The molecule has 7 nitrogen and oxygen atoms in total. The third-order valence-electron chi connectivity index (χ3n) is 5.20. The number of piperazine rings is 1. The van der Waals surface area contributed by atoms with E-state index in [2.05, 4.69) is 14.9 Å². The van der Waals surface area contributed by atoms with Crippen molar-refractivity contribution in [1.29, 1.82) is 0 Å². The molecule has 0 amide bonds. The number of halogens is 4. The van der Waals surface area contributed by atoms with Crippen molar-refractivity contribution in [2.75, 3.05) is 37.6 Å². The van der Waals surface area contributed by atoms with Crippen LogP contribution in [0.15, 0.2) is 41.7 Å². The SMILES string of the molecule is Cn1ccnc1C(O)(CCN=C(N)N1CCN(c2ccc(Cl)cc2)CC1)C(F)(F)F. The number of rotatable bonds is 5. The molecule has 3 rings (SSSR count). The van der Waals surface area contributed by atoms with Crippen molar-refractivity contribution < 1.29 is 18.3 Å². The number of hydrogen-bond donors (Lipinski definition) is 2. The Hall–Kier alpha value is -2.46. The molecule has 1 fully saturated rings. The number of imidazole rings is 1. The first-order valence-corrected chi connectivity index (χ1v) is 9.82. The van der Waals surface area contributed by atoms with Gasteiger partial charge in [0.2, 0.25) is 5.60 Å². The van der Waals surface area contributed by atoms with Gasteiger partial charge in [0.15, 0.2) is 5.96 Å². The van der Waals surface area contributed by atoms with Crippen LogP contribution in [-0.4, -0.2) is 64.4 Å². The van der Waals surface area contributed by atoms with E-state index in [0.29, 0.717) is 31.2 Å². The molecular weight excluding hydrogens is 421 g/mol. The fourth-order valence-electron chi connectivity index (χ4n) is 3.42. The highest BCUT2D eigenvalue weighted by Crippen LogP contribution is 2.40. The summed E-state index contributed by atoms with van der Waals surface area (Å²) in [5, 5.41) is 11.0. The number of aryl methyl sites for hydroxylation is 1. The zero-order chi connectivity index (χ0) is 21.9. The molecule has 0 saturated carbocycles. The van der Waals surface area contributed by atoms with Crippen molar-refractivity contribution in [2.45, 2.75) is 18.2 Å². The van der Waals surface area contributed by atoms with Gasteiger partial charge in [-0.05, 0) is 24.3 Å². The smallest absolute Gasteiger partial charge is 0.374 e.